The molecule has 96 valence electrons. The number of nitrogens with zero attached hydrogens (tertiary/aromatic N) is 1. The van der Waals surface area contributed by atoms with Crippen LogP contribution in [0.1, 0.15) is 23.6 Å². The molecule has 0 spiro atoms. The first-order chi connectivity index (χ1) is 9.34. The maximum absolute atomic E-state index is 6.09. The van der Waals surface area contributed by atoms with E-state index in [4.69, 9.17) is 5.73 Å². The van der Waals surface area contributed by atoms with Crippen molar-refractivity contribution in [2.45, 2.75) is 18.5 Å². The Morgan fingerprint density at radius 1 is 0.895 bits per heavy atom. The summed E-state index contributed by atoms with van der Waals surface area (Å²) in [5, 5.41) is 0. The molecule has 0 amide bonds. The van der Waals surface area contributed by atoms with Gasteiger partial charge in [-0.25, -0.2) is 0 Å². The lowest BCUT2D eigenvalue weighted by Crippen LogP contribution is -2.29. The van der Waals surface area contributed by atoms with Crippen molar-refractivity contribution >= 4 is 0 Å². The van der Waals surface area contributed by atoms with E-state index in [1.807, 2.05) is 0 Å². The van der Waals surface area contributed by atoms with Gasteiger partial charge in [-0.05, 0) is 28.7 Å². The third-order valence-corrected chi connectivity index (χ3v) is 4.42. The number of likely N-dealkylation sites (tertiary alicyclic amines) is 1. The van der Waals surface area contributed by atoms with Gasteiger partial charge >= 0.3 is 0 Å². The summed E-state index contributed by atoms with van der Waals surface area (Å²) in [6, 6.07) is 18.3. The van der Waals surface area contributed by atoms with Crippen LogP contribution in [0.25, 0.3) is 11.1 Å². The van der Waals surface area contributed by atoms with Gasteiger partial charge in [0.25, 0.3) is 0 Å². The van der Waals surface area contributed by atoms with Crippen LogP contribution >= 0.6 is 0 Å². The molecule has 1 fully saturated rings. The molecule has 2 heteroatoms. The van der Waals surface area contributed by atoms with Crippen molar-refractivity contribution in [1.29, 1.82) is 0 Å². The monoisotopic (exact) mass is 250 g/mol. The smallest absolute Gasteiger partial charge is 0.0614 e. The molecule has 1 heterocycles. The normalized spacial score (nSPS) is 22.5. The predicted molar refractivity (Wildman–Crippen MR) is 77.9 cm³/mol. The number of nitrogens with two attached hydrogens (primary N) is 1. The van der Waals surface area contributed by atoms with Gasteiger partial charge in [0, 0.05) is 19.1 Å². The molecule has 1 aliphatic carbocycles. The second-order valence-corrected chi connectivity index (χ2v) is 5.62. The van der Waals surface area contributed by atoms with Gasteiger partial charge in [0.05, 0.1) is 6.04 Å². The Bertz CT molecular complexity index is 575. The highest BCUT2D eigenvalue weighted by atomic mass is 15.2. The van der Waals surface area contributed by atoms with E-state index in [1.54, 1.807) is 0 Å². The summed E-state index contributed by atoms with van der Waals surface area (Å²) >= 11 is 0. The molecule has 2 aliphatic rings. The molecule has 1 aliphatic heterocycles. The fraction of sp³-hybridized carbons (Fsp3) is 0.294. The summed E-state index contributed by atoms with van der Waals surface area (Å²) in [5.74, 6) is 0. The Balaban J connectivity index is 1.87. The Labute approximate surface area is 113 Å². The first kappa shape index (κ1) is 11.2. The van der Waals surface area contributed by atoms with Crippen molar-refractivity contribution in [3.05, 3.63) is 59.7 Å². The summed E-state index contributed by atoms with van der Waals surface area (Å²) in [6.45, 7) is 2.11. The van der Waals surface area contributed by atoms with Gasteiger partial charge in [-0.2, -0.15) is 0 Å². The summed E-state index contributed by atoms with van der Waals surface area (Å²) in [5.41, 5.74) is 11.8. The van der Waals surface area contributed by atoms with Crippen LogP contribution in [0, 0.1) is 0 Å². The molecular formula is C17H18N2. The summed E-state index contributed by atoms with van der Waals surface area (Å²) in [6.07, 6.45) is 1.11. The highest BCUT2D eigenvalue weighted by molar-refractivity contribution is 5.78. The Morgan fingerprint density at radius 3 is 2.00 bits per heavy atom. The molecule has 2 nitrogen and oxygen atoms in total. The van der Waals surface area contributed by atoms with Crippen LogP contribution in [0.2, 0.25) is 0 Å². The van der Waals surface area contributed by atoms with Crippen molar-refractivity contribution < 1.29 is 0 Å². The third-order valence-electron chi connectivity index (χ3n) is 4.42. The standard InChI is InChI=1S/C17H18N2/c18-12-9-10-19(11-12)17-15-7-3-1-5-13(15)14-6-2-4-8-16(14)17/h1-8,12,17H,9-11,18H2. The van der Waals surface area contributed by atoms with Gasteiger partial charge in [-0.3, -0.25) is 4.90 Å². The van der Waals surface area contributed by atoms with Gasteiger partial charge < -0.3 is 5.73 Å². The number of hydrogen-bond acceptors (Lipinski definition) is 2. The molecular weight excluding hydrogens is 232 g/mol. The third kappa shape index (κ3) is 1.64. The van der Waals surface area contributed by atoms with E-state index in [2.05, 4.69) is 53.4 Å². The van der Waals surface area contributed by atoms with Crippen LogP contribution < -0.4 is 5.73 Å². The average molecular weight is 250 g/mol. The minimum atomic E-state index is 0.333. The lowest BCUT2D eigenvalue weighted by atomic mass is 10.0. The van der Waals surface area contributed by atoms with Gasteiger partial charge in [0.1, 0.15) is 0 Å². The van der Waals surface area contributed by atoms with Gasteiger partial charge in [0.15, 0.2) is 0 Å². The van der Waals surface area contributed by atoms with Crippen molar-refractivity contribution in [3.8, 4) is 11.1 Å². The van der Waals surface area contributed by atoms with Gasteiger partial charge in [-0.15, -0.1) is 0 Å². The fourth-order valence-corrected chi connectivity index (χ4v) is 3.57. The highest BCUT2D eigenvalue weighted by Crippen LogP contribution is 2.46. The molecule has 2 aromatic rings. The molecule has 1 saturated heterocycles. The van der Waals surface area contributed by atoms with Crippen LogP contribution in [0.3, 0.4) is 0 Å². The molecule has 2 aromatic carbocycles. The van der Waals surface area contributed by atoms with E-state index >= 15 is 0 Å². The molecule has 1 atom stereocenters. The molecule has 0 saturated carbocycles. The lowest BCUT2D eigenvalue weighted by molar-refractivity contribution is 0.282. The summed E-state index contributed by atoms with van der Waals surface area (Å²) in [7, 11) is 0. The summed E-state index contributed by atoms with van der Waals surface area (Å²) in [4.78, 5) is 2.54. The van der Waals surface area contributed by atoms with Crippen LogP contribution in [0.4, 0.5) is 0 Å². The van der Waals surface area contributed by atoms with Crippen molar-refractivity contribution in [1.82, 2.24) is 4.90 Å². The zero-order chi connectivity index (χ0) is 12.8. The Morgan fingerprint density at radius 2 is 1.47 bits per heavy atom. The predicted octanol–water partition coefficient (Wildman–Crippen LogP) is 2.79. The fourth-order valence-electron chi connectivity index (χ4n) is 3.57. The Hall–Kier alpha value is -1.64. The van der Waals surface area contributed by atoms with Gasteiger partial charge in [0.2, 0.25) is 0 Å². The number of rotatable bonds is 1. The maximum Gasteiger partial charge on any atom is 0.0614 e. The van der Waals surface area contributed by atoms with E-state index in [1.165, 1.54) is 22.3 Å². The molecule has 0 radical (unpaired) electrons. The zero-order valence-electron chi connectivity index (χ0n) is 10.9. The highest BCUT2D eigenvalue weighted by Gasteiger charge is 2.35. The second kappa shape index (κ2) is 4.19. The van der Waals surface area contributed by atoms with Gasteiger partial charge in [-0.1, -0.05) is 48.5 Å². The van der Waals surface area contributed by atoms with Crippen molar-refractivity contribution in [2.24, 2.45) is 5.73 Å². The van der Waals surface area contributed by atoms with Crippen LogP contribution in [0.15, 0.2) is 48.5 Å². The first-order valence-corrected chi connectivity index (χ1v) is 7.02. The summed E-state index contributed by atoms with van der Waals surface area (Å²) < 4.78 is 0. The second-order valence-electron chi connectivity index (χ2n) is 5.62. The SMILES string of the molecule is NC1CCN(C2c3ccccc3-c3ccccc32)C1. The minimum Gasteiger partial charge on any atom is -0.326 e. The Kier molecular flexibility index (Phi) is 2.47. The number of fused-ring (bicyclic) bond motifs is 3. The molecule has 19 heavy (non-hydrogen) atoms. The van der Waals surface area contributed by atoms with E-state index < -0.39 is 0 Å². The molecule has 0 bridgehead atoms. The zero-order valence-corrected chi connectivity index (χ0v) is 10.9. The van der Waals surface area contributed by atoms with E-state index in [0.29, 0.717) is 12.1 Å². The molecule has 2 N–H and O–H groups in total. The lowest BCUT2D eigenvalue weighted by Gasteiger charge is -2.25. The molecule has 1 unspecified atom stereocenters. The average Bonchev–Trinajstić information content (AvgIpc) is 3.00. The van der Waals surface area contributed by atoms with E-state index in [0.717, 1.165) is 19.5 Å². The number of hydrogen-bond donors (Lipinski definition) is 1. The van der Waals surface area contributed by atoms with Crippen LogP contribution in [0.5, 0.6) is 0 Å². The van der Waals surface area contributed by atoms with E-state index in [9.17, 15) is 0 Å². The molecule has 0 aromatic heterocycles. The molecule has 4 rings (SSSR count). The largest absolute Gasteiger partial charge is 0.326 e. The van der Waals surface area contributed by atoms with Crippen molar-refractivity contribution in [3.63, 3.8) is 0 Å². The van der Waals surface area contributed by atoms with Crippen LogP contribution in [-0.4, -0.2) is 24.0 Å². The van der Waals surface area contributed by atoms with E-state index in [-0.39, 0.29) is 0 Å². The topological polar surface area (TPSA) is 29.3 Å². The van der Waals surface area contributed by atoms with Crippen molar-refractivity contribution in [2.75, 3.05) is 13.1 Å². The maximum atomic E-state index is 6.09. The minimum absolute atomic E-state index is 0.333. The van der Waals surface area contributed by atoms with Crippen LogP contribution in [-0.2, 0) is 0 Å². The number of benzene rings is 2. The quantitative estimate of drug-likeness (QED) is 0.843. The first-order valence-electron chi connectivity index (χ1n) is 7.02.